The molecule has 2 N–H and O–H groups in total. The fraction of sp³-hybridized carbons (Fsp3) is 0.529. The lowest BCUT2D eigenvalue weighted by atomic mass is 9.90. The summed E-state index contributed by atoms with van der Waals surface area (Å²) in [4.78, 5) is 33.5. The van der Waals surface area contributed by atoms with Gasteiger partial charge in [0.15, 0.2) is 0 Å². The van der Waals surface area contributed by atoms with Gasteiger partial charge in [-0.05, 0) is 12.0 Å². The molecule has 0 saturated carbocycles. The number of carbonyl (C=O) groups is 1. The van der Waals surface area contributed by atoms with Crippen LogP contribution in [0.4, 0.5) is 0 Å². The number of nitrogens with zero attached hydrogens (tertiary/aromatic N) is 4. The predicted molar refractivity (Wildman–Crippen MR) is 93.0 cm³/mol. The van der Waals surface area contributed by atoms with Crippen LogP contribution in [0.1, 0.15) is 29.9 Å². The Morgan fingerprint density at radius 3 is 2.88 bits per heavy atom. The van der Waals surface area contributed by atoms with E-state index in [2.05, 4.69) is 25.3 Å². The van der Waals surface area contributed by atoms with E-state index in [1.807, 2.05) is 26.4 Å². The molecule has 0 aliphatic carbocycles. The molecule has 3 rings (SSSR count). The Bertz CT molecular complexity index is 811. The minimum Gasteiger partial charge on any atom is -0.359 e. The largest absolute Gasteiger partial charge is 0.359 e. The standard InChI is InChI=1S/C17H24N6O2/c1-4-12-5-16(24)21-15(20-12)10-23-8-13(11-6-19-22(3)7-11)14(9-23)17(25)18-2/h5-7,13-14H,4,8-10H2,1-3H3,(H,18,25)(H,20,21,24)/t13-,14+/m1/s1. The van der Waals surface area contributed by atoms with Gasteiger partial charge in [-0.25, -0.2) is 4.98 Å². The van der Waals surface area contributed by atoms with E-state index >= 15 is 0 Å². The van der Waals surface area contributed by atoms with Crippen molar-refractivity contribution >= 4 is 5.91 Å². The Kier molecular flexibility index (Phi) is 4.98. The van der Waals surface area contributed by atoms with Crippen molar-refractivity contribution in [2.24, 2.45) is 13.0 Å². The summed E-state index contributed by atoms with van der Waals surface area (Å²) < 4.78 is 1.75. The molecule has 3 heterocycles. The number of H-pyrrole nitrogens is 1. The van der Waals surface area contributed by atoms with Crippen molar-refractivity contribution < 1.29 is 4.79 Å². The third kappa shape index (κ3) is 3.79. The average molecular weight is 344 g/mol. The summed E-state index contributed by atoms with van der Waals surface area (Å²) in [5.41, 5.74) is 1.71. The minimum atomic E-state index is -0.143. The first-order valence-electron chi connectivity index (χ1n) is 8.51. The zero-order valence-electron chi connectivity index (χ0n) is 14.8. The molecule has 0 unspecified atom stereocenters. The molecule has 2 atom stereocenters. The van der Waals surface area contributed by atoms with Crippen LogP contribution in [0.15, 0.2) is 23.3 Å². The van der Waals surface area contributed by atoms with Crippen molar-refractivity contribution in [1.82, 2.24) is 30.0 Å². The van der Waals surface area contributed by atoms with Crippen LogP contribution >= 0.6 is 0 Å². The molecule has 1 aliphatic rings. The maximum Gasteiger partial charge on any atom is 0.251 e. The molecule has 0 spiro atoms. The number of aromatic nitrogens is 4. The number of carbonyl (C=O) groups excluding carboxylic acids is 1. The van der Waals surface area contributed by atoms with Crippen molar-refractivity contribution in [2.45, 2.75) is 25.8 Å². The van der Waals surface area contributed by atoms with E-state index in [0.29, 0.717) is 18.9 Å². The van der Waals surface area contributed by atoms with Crippen molar-refractivity contribution in [2.75, 3.05) is 20.1 Å². The van der Waals surface area contributed by atoms with Crippen molar-refractivity contribution in [3.05, 3.63) is 45.9 Å². The molecule has 2 aromatic heterocycles. The van der Waals surface area contributed by atoms with E-state index in [1.54, 1.807) is 11.7 Å². The van der Waals surface area contributed by atoms with Gasteiger partial charge in [0, 0.05) is 51.1 Å². The average Bonchev–Trinajstić information content (AvgIpc) is 3.19. The zero-order chi connectivity index (χ0) is 18.0. The van der Waals surface area contributed by atoms with Crippen LogP contribution in [0.5, 0.6) is 0 Å². The molecule has 1 saturated heterocycles. The number of amides is 1. The smallest absolute Gasteiger partial charge is 0.251 e. The number of rotatable bonds is 5. The number of likely N-dealkylation sites (tertiary alicyclic amines) is 1. The molecule has 8 heteroatoms. The lowest BCUT2D eigenvalue weighted by molar-refractivity contribution is -0.124. The quantitative estimate of drug-likeness (QED) is 0.798. The monoisotopic (exact) mass is 344 g/mol. The Morgan fingerprint density at radius 2 is 2.24 bits per heavy atom. The fourth-order valence-electron chi connectivity index (χ4n) is 3.47. The lowest BCUT2D eigenvalue weighted by Crippen LogP contribution is -2.32. The number of hydrogen-bond donors (Lipinski definition) is 2. The first kappa shape index (κ1) is 17.3. The third-order valence-electron chi connectivity index (χ3n) is 4.71. The SMILES string of the molecule is CCc1cc(=O)[nH]c(CN2C[C@H](C(=O)NC)[C@@H](c3cnn(C)c3)C2)n1. The number of nitrogens with one attached hydrogen (secondary N) is 2. The second kappa shape index (κ2) is 7.18. The van der Waals surface area contributed by atoms with E-state index in [-0.39, 0.29) is 23.3 Å². The van der Waals surface area contributed by atoms with E-state index in [1.165, 1.54) is 6.07 Å². The Balaban J connectivity index is 1.81. The Morgan fingerprint density at radius 1 is 1.44 bits per heavy atom. The van der Waals surface area contributed by atoms with Gasteiger partial charge in [-0.3, -0.25) is 19.2 Å². The second-order valence-electron chi connectivity index (χ2n) is 6.51. The van der Waals surface area contributed by atoms with Crippen LogP contribution in [0.25, 0.3) is 0 Å². The van der Waals surface area contributed by atoms with Gasteiger partial charge in [0.2, 0.25) is 5.91 Å². The summed E-state index contributed by atoms with van der Waals surface area (Å²) in [6, 6.07) is 1.53. The van der Waals surface area contributed by atoms with Crippen LogP contribution in [-0.4, -0.2) is 50.7 Å². The highest BCUT2D eigenvalue weighted by Gasteiger charge is 2.38. The van der Waals surface area contributed by atoms with Crippen LogP contribution in [-0.2, 0) is 24.8 Å². The molecule has 0 aromatic carbocycles. The molecule has 134 valence electrons. The molecule has 0 bridgehead atoms. The normalized spacial score (nSPS) is 20.8. The summed E-state index contributed by atoms with van der Waals surface area (Å²) in [5.74, 6) is 0.608. The summed E-state index contributed by atoms with van der Waals surface area (Å²) >= 11 is 0. The molecular formula is C17H24N6O2. The van der Waals surface area contributed by atoms with Crippen LogP contribution in [0, 0.1) is 5.92 Å². The highest BCUT2D eigenvalue weighted by molar-refractivity contribution is 5.80. The second-order valence-corrected chi connectivity index (χ2v) is 6.51. The van der Waals surface area contributed by atoms with Gasteiger partial charge in [-0.2, -0.15) is 5.10 Å². The zero-order valence-corrected chi connectivity index (χ0v) is 14.8. The molecule has 25 heavy (non-hydrogen) atoms. The van der Waals surface area contributed by atoms with Crippen molar-refractivity contribution in [3.8, 4) is 0 Å². The van der Waals surface area contributed by atoms with Crippen molar-refractivity contribution in [1.29, 1.82) is 0 Å². The topological polar surface area (TPSA) is 95.9 Å². The molecule has 0 radical (unpaired) electrons. The van der Waals surface area contributed by atoms with Gasteiger partial charge in [0.05, 0.1) is 18.7 Å². The van der Waals surface area contributed by atoms with Crippen LogP contribution in [0.3, 0.4) is 0 Å². The first-order valence-corrected chi connectivity index (χ1v) is 8.51. The first-order chi connectivity index (χ1) is 12.0. The maximum absolute atomic E-state index is 12.3. The highest BCUT2D eigenvalue weighted by Crippen LogP contribution is 2.33. The maximum atomic E-state index is 12.3. The molecule has 2 aromatic rings. The molecule has 1 amide bonds. The highest BCUT2D eigenvalue weighted by atomic mass is 16.2. The fourth-order valence-corrected chi connectivity index (χ4v) is 3.47. The van der Waals surface area contributed by atoms with E-state index in [0.717, 1.165) is 24.2 Å². The minimum absolute atomic E-state index is 0.0279. The van der Waals surface area contributed by atoms with Crippen LogP contribution < -0.4 is 10.9 Å². The molecular weight excluding hydrogens is 320 g/mol. The van der Waals surface area contributed by atoms with E-state index in [9.17, 15) is 9.59 Å². The summed E-state index contributed by atoms with van der Waals surface area (Å²) in [7, 11) is 3.53. The van der Waals surface area contributed by atoms with Gasteiger partial charge in [0.25, 0.3) is 5.56 Å². The Hall–Kier alpha value is -2.48. The third-order valence-corrected chi connectivity index (χ3v) is 4.71. The van der Waals surface area contributed by atoms with Crippen LogP contribution in [0.2, 0.25) is 0 Å². The summed E-state index contributed by atoms with van der Waals surface area (Å²) in [5, 5.41) is 6.99. The van der Waals surface area contributed by atoms with E-state index in [4.69, 9.17) is 0 Å². The number of aryl methyl sites for hydroxylation is 2. The Labute approximate surface area is 146 Å². The van der Waals surface area contributed by atoms with Gasteiger partial charge >= 0.3 is 0 Å². The van der Waals surface area contributed by atoms with E-state index < -0.39 is 0 Å². The predicted octanol–water partition coefficient (Wildman–Crippen LogP) is 0.0274. The molecule has 8 nitrogen and oxygen atoms in total. The van der Waals surface area contributed by atoms with Gasteiger partial charge < -0.3 is 10.3 Å². The molecule has 1 fully saturated rings. The van der Waals surface area contributed by atoms with Gasteiger partial charge in [-0.1, -0.05) is 6.92 Å². The molecule has 1 aliphatic heterocycles. The number of aromatic amines is 1. The lowest BCUT2D eigenvalue weighted by Gasteiger charge is -2.15. The van der Waals surface area contributed by atoms with Crippen molar-refractivity contribution in [3.63, 3.8) is 0 Å². The van der Waals surface area contributed by atoms with Gasteiger partial charge in [0.1, 0.15) is 5.82 Å². The number of hydrogen-bond acceptors (Lipinski definition) is 5. The van der Waals surface area contributed by atoms with Gasteiger partial charge in [-0.15, -0.1) is 0 Å². The summed E-state index contributed by atoms with van der Waals surface area (Å²) in [6.07, 6.45) is 4.50. The summed E-state index contributed by atoms with van der Waals surface area (Å²) in [6.45, 7) is 3.85.